The molecule has 0 aliphatic carbocycles. The maximum atomic E-state index is 10.4. The quantitative estimate of drug-likeness (QED) is 0.715. The van der Waals surface area contributed by atoms with Gasteiger partial charge in [-0.2, -0.15) is 4.73 Å². The molecule has 0 amide bonds. The van der Waals surface area contributed by atoms with Crippen molar-refractivity contribution in [1.29, 1.82) is 0 Å². The lowest BCUT2D eigenvalue weighted by molar-refractivity contribution is -0.129. The molecule has 0 aliphatic heterocycles. The van der Waals surface area contributed by atoms with Crippen LogP contribution in [0.1, 0.15) is 25.6 Å². The first kappa shape index (κ1) is 9.71. The van der Waals surface area contributed by atoms with E-state index in [9.17, 15) is 4.79 Å². The fourth-order valence-electron chi connectivity index (χ4n) is 1.54. The van der Waals surface area contributed by atoms with Gasteiger partial charge in [-0.3, -0.25) is 4.79 Å². The molecule has 0 aliphatic rings. The van der Waals surface area contributed by atoms with E-state index in [-0.39, 0.29) is 5.92 Å². The minimum atomic E-state index is 0.206. The number of imidazole rings is 1. The monoisotopic (exact) mass is 204 g/mol. The summed E-state index contributed by atoms with van der Waals surface area (Å²) in [6.07, 6.45) is 0. The van der Waals surface area contributed by atoms with Crippen LogP contribution in [0, 0.1) is 0 Å². The van der Waals surface area contributed by atoms with E-state index >= 15 is 0 Å². The molecule has 4 heteroatoms. The third-order valence-corrected chi connectivity index (χ3v) is 2.21. The van der Waals surface area contributed by atoms with Crippen LogP contribution in [0.5, 0.6) is 0 Å². The Hall–Kier alpha value is -1.84. The van der Waals surface area contributed by atoms with Crippen LogP contribution in [-0.4, -0.2) is 16.2 Å². The number of hydrogen-bond acceptors (Lipinski definition) is 3. The molecule has 0 saturated carbocycles. The van der Waals surface area contributed by atoms with Crippen molar-refractivity contribution in [2.24, 2.45) is 0 Å². The molecule has 1 heterocycles. The number of benzene rings is 1. The molecule has 0 unspecified atom stereocenters. The predicted octanol–water partition coefficient (Wildman–Crippen LogP) is 1.74. The highest BCUT2D eigenvalue weighted by Crippen LogP contribution is 2.19. The summed E-state index contributed by atoms with van der Waals surface area (Å²) in [6.45, 7) is 4.43. The second-order valence-electron chi connectivity index (χ2n) is 3.61. The third-order valence-electron chi connectivity index (χ3n) is 2.21. The Balaban J connectivity index is 2.68. The molecule has 0 N–H and O–H groups in total. The molecule has 0 atom stereocenters. The van der Waals surface area contributed by atoms with Gasteiger partial charge in [-0.1, -0.05) is 26.0 Å². The van der Waals surface area contributed by atoms with Gasteiger partial charge in [0, 0.05) is 5.92 Å². The molecule has 2 rings (SSSR count). The second-order valence-corrected chi connectivity index (χ2v) is 3.61. The van der Waals surface area contributed by atoms with E-state index in [1.165, 1.54) is 4.73 Å². The summed E-state index contributed by atoms with van der Waals surface area (Å²) in [7, 11) is 0. The van der Waals surface area contributed by atoms with Crippen molar-refractivity contribution in [2.75, 3.05) is 0 Å². The fourth-order valence-corrected chi connectivity index (χ4v) is 1.54. The van der Waals surface area contributed by atoms with Crippen molar-refractivity contribution in [1.82, 2.24) is 9.71 Å². The third kappa shape index (κ3) is 1.58. The smallest absolute Gasteiger partial charge is 0.321 e. The van der Waals surface area contributed by atoms with Crippen LogP contribution < -0.4 is 4.84 Å². The minimum absolute atomic E-state index is 0.206. The molecule has 0 saturated heterocycles. The summed E-state index contributed by atoms with van der Waals surface area (Å²) in [5.74, 6) is 0.959. The Morgan fingerprint density at radius 3 is 2.80 bits per heavy atom. The minimum Gasteiger partial charge on any atom is -0.338 e. The van der Waals surface area contributed by atoms with E-state index in [4.69, 9.17) is 4.84 Å². The van der Waals surface area contributed by atoms with Crippen LogP contribution >= 0.6 is 0 Å². The topological polar surface area (TPSA) is 44.1 Å². The predicted molar refractivity (Wildman–Crippen MR) is 56.5 cm³/mol. The molecule has 0 bridgehead atoms. The molecule has 2 aromatic rings. The highest BCUT2D eigenvalue weighted by molar-refractivity contribution is 5.76. The number of hydrogen-bond donors (Lipinski definition) is 0. The van der Waals surface area contributed by atoms with Gasteiger partial charge in [-0.15, -0.1) is 0 Å². The number of carbonyl (C=O) groups is 1. The average molecular weight is 204 g/mol. The van der Waals surface area contributed by atoms with E-state index in [2.05, 4.69) is 4.98 Å². The standard InChI is InChI=1S/C11H12N2O2/c1-8(2)11-12-9-5-3-4-6-10(9)13(11)15-7-14/h3-8H,1-2H3. The molecule has 1 aromatic carbocycles. The van der Waals surface area contributed by atoms with Gasteiger partial charge >= 0.3 is 6.47 Å². The van der Waals surface area contributed by atoms with Crippen LogP contribution in [0.25, 0.3) is 11.0 Å². The maximum absolute atomic E-state index is 10.4. The summed E-state index contributed by atoms with van der Waals surface area (Å²) in [4.78, 5) is 19.8. The summed E-state index contributed by atoms with van der Waals surface area (Å²) >= 11 is 0. The van der Waals surface area contributed by atoms with E-state index < -0.39 is 0 Å². The highest BCUT2D eigenvalue weighted by atomic mass is 16.7. The molecular formula is C11H12N2O2. The van der Waals surface area contributed by atoms with Crippen LogP contribution in [0.3, 0.4) is 0 Å². The first-order valence-electron chi connectivity index (χ1n) is 4.82. The number of rotatable bonds is 3. The Bertz CT molecular complexity index is 488. The van der Waals surface area contributed by atoms with Crippen molar-refractivity contribution in [3.8, 4) is 0 Å². The Labute approximate surface area is 87.4 Å². The largest absolute Gasteiger partial charge is 0.338 e. The van der Waals surface area contributed by atoms with Gasteiger partial charge in [-0.25, -0.2) is 4.98 Å². The van der Waals surface area contributed by atoms with Gasteiger partial charge in [-0.05, 0) is 12.1 Å². The number of aromatic nitrogens is 2. The van der Waals surface area contributed by atoms with Gasteiger partial charge in [0.25, 0.3) is 0 Å². The molecular weight excluding hydrogens is 192 g/mol. The van der Waals surface area contributed by atoms with Gasteiger partial charge in [0.05, 0.1) is 5.52 Å². The molecule has 78 valence electrons. The van der Waals surface area contributed by atoms with Gasteiger partial charge in [0.1, 0.15) is 11.3 Å². The molecule has 1 aromatic heterocycles. The normalized spacial score (nSPS) is 10.9. The summed E-state index contributed by atoms with van der Waals surface area (Å²) in [5.41, 5.74) is 1.65. The average Bonchev–Trinajstić information content (AvgIpc) is 2.58. The molecule has 0 fully saturated rings. The SMILES string of the molecule is CC(C)c1nc2ccccc2n1OC=O. The molecule has 4 nitrogen and oxygen atoms in total. The number of fused-ring (bicyclic) bond motifs is 1. The van der Waals surface area contributed by atoms with Crippen LogP contribution in [0.15, 0.2) is 24.3 Å². The molecule has 0 radical (unpaired) electrons. The first-order chi connectivity index (χ1) is 7.24. The zero-order valence-corrected chi connectivity index (χ0v) is 8.68. The lowest BCUT2D eigenvalue weighted by atomic mass is 10.2. The fraction of sp³-hybridized carbons (Fsp3) is 0.273. The van der Waals surface area contributed by atoms with Crippen molar-refractivity contribution in [3.63, 3.8) is 0 Å². The van der Waals surface area contributed by atoms with Crippen molar-refractivity contribution >= 4 is 17.5 Å². The Kier molecular flexibility index (Phi) is 2.41. The lowest BCUT2D eigenvalue weighted by Gasteiger charge is -2.06. The van der Waals surface area contributed by atoms with Crippen LogP contribution in [0.4, 0.5) is 0 Å². The Morgan fingerprint density at radius 2 is 2.13 bits per heavy atom. The maximum Gasteiger partial charge on any atom is 0.321 e. The van der Waals surface area contributed by atoms with Gasteiger partial charge in [0.15, 0.2) is 0 Å². The number of nitrogens with zero attached hydrogens (tertiary/aromatic N) is 2. The first-order valence-corrected chi connectivity index (χ1v) is 4.82. The summed E-state index contributed by atoms with van der Waals surface area (Å²) in [5, 5.41) is 0. The Morgan fingerprint density at radius 1 is 1.40 bits per heavy atom. The van der Waals surface area contributed by atoms with E-state index in [1.54, 1.807) is 0 Å². The summed E-state index contributed by atoms with van der Waals surface area (Å²) in [6, 6.07) is 7.56. The van der Waals surface area contributed by atoms with E-state index in [1.807, 2.05) is 38.1 Å². The highest BCUT2D eigenvalue weighted by Gasteiger charge is 2.13. The van der Waals surface area contributed by atoms with E-state index in [0.29, 0.717) is 6.47 Å². The van der Waals surface area contributed by atoms with Crippen molar-refractivity contribution < 1.29 is 9.63 Å². The lowest BCUT2D eigenvalue weighted by Crippen LogP contribution is -2.13. The number of para-hydroxylation sites is 2. The molecule has 0 spiro atoms. The molecule has 15 heavy (non-hydrogen) atoms. The van der Waals surface area contributed by atoms with Crippen LogP contribution in [0.2, 0.25) is 0 Å². The van der Waals surface area contributed by atoms with Crippen LogP contribution in [-0.2, 0) is 4.79 Å². The van der Waals surface area contributed by atoms with Crippen molar-refractivity contribution in [2.45, 2.75) is 19.8 Å². The van der Waals surface area contributed by atoms with Gasteiger partial charge < -0.3 is 4.84 Å². The van der Waals surface area contributed by atoms with E-state index in [0.717, 1.165) is 16.9 Å². The number of carbonyl (C=O) groups excluding carboxylic acids is 1. The van der Waals surface area contributed by atoms with Gasteiger partial charge in [0.2, 0.25) is 0 Å². The zero-order valence-electron chi connectivity index (χ0n) is 8.68. The van der Waals surface area contributed by atoms with Crippen molar-refractivity contribution in [3.05, 3.63) is 30.1 Å². The summed E-state index contributed by atoms with van der Waals surface area (Å²) < 4.78 is 1.48. The second kappa shape index (κ2) is 3.73. The zero-order chi connectivity index (χ0) is 10.8.